The molecule has 0 amide bonds. The number of anilines is 1. The summed E-state index contributed by atoms with van der Waals surface area (Å²) in [5.74, 6) is 0. The number of carbonyl (C=O) groups is 1. The first-order valence-electron chi connectivity index (χ1n) is 3.89. The van der Waals surface area contributed by atoms with Crippen LogP contribution in [0.15, 0.2) is 30.3 Å². The van der Waals surface area contributed by atoms with Gasteiger partial charge in [0.05, 0.1) is 0 Å². The maximum Gasteiger partial charge on any atom is 0.508 e. The Morgan fingerprint density at radius 3 is 1.85 bits per heavy atom. The lowest BCUT2D eigenvalue weighted by Gasteiger charge is -1.83. The van der Waals surface area contributed by atoms with Crippen LogP contribution < -0.4 is 5.73 Å². The zero-order chi connectivity index (χ0) is 9.52. The minimum atomic E-state index is -0.546. The van der Waals surface area contributed by atoms with Crippen molar-refractivity contribution in [2.75, 3.05) is 18.9 Å². The fourth-order valence-corrected chi connectivity index (χ4v) is 0.745. The van der Waals surface area contributed by atoms with Gasteiger partial charge in [-0.3, -0.25) is 0 Å². The highest BCUT2D eigenvalue weighted by molar-refractivity contribution is 5.61. The molecule has 0 spiro atoms. The van der Waals surface area contributed by atoms with E-state index in [4.69, 9.17) is 5.73 Å². The second-order valence-electron chi connectivity index (χ2n) is 2.36. The molecule has 0 saturated carbocycles. The Kier molecular flexibility index (Phi) is 3.63. The Morgan fingerprint density at radius 2 is 1.62 bits per heavy atom. The molecule has 0 atom stereocenters. The Bertz CT molecular complexity index is 253. The molecule has 0 unspecified atom stereocenters. The van der Waals surface area contributed by atoms with E-state index in [0.717, 1.165) is 5.69 Å². The highest BCUT2D eigenvalue weighted by atomic mass is 16.8. The fraction of sp³-hybridized carbons (Fsp3) is 0.222. The maximum atomic E-state index is 9.80. The Morgan fingerprint density at radius 1 is 1.08 bits per heavy atom. The maximum absolute atomic E-state index is 9.80. The lowest BCUT2D eigenvalue weighted by atomic mass is 10.3. The molecule has 13 heavy (non-hydrogen) atoms. The topological polar surface area (TPSA) is 61.6 Å². The second kappa shape index (κ2) is 5.03. The van der Waals surface area contributed by atoms with E-state index in [9.17, 15) is 4.79 Å². The molecule has 1 heterocycles. The van der Waals surface area contributed by atoms with Gasteiger partial charge in [-0.1, -0.05) is 18.2 Å². The van der Waals surface area contributed by atoms with E-state index < -0.39 is 6.16 Å². The molecular formula is C9H11NO3. The van der Waals surface area contributed by atoms with Gasteiger partial charge in [0.2, 0.25) is 0 Å². The molecule has 70 valence electrons. The first-order valence-corrected chi connectivity index (χ1v) is 3.89. The van der Waals surface area contributed by atoms with Gasteiger partial charge in [0.25, 0.3) is 0 Å². The van der Waals surface area contributed by atoms with Crippen LogP contribution in [0.2, 0.25) is 0 Å². The van der Waals surface area contributed by atoms with Crippen LogP contribution in [0.25, 0.3) is 0 Å². The minimum absolute atomic E-state index is 0.416. The van der Waals surface area contributed by atoms with Crippen molar-refractivity contribution < 1.29 is 14.3 Å². The van der Waals surface area contributed by atoms with Crippen molar-refractivity contribution in [3.63, 3.8) is 0 Å². The molecule has 0 bridgehead atoms. The zero-order valence-corrected chi connectivity index (χ0v) is 7.10. The summed E-state index contributed by atoms with van der Waals surface area (Å²) >= 11 is 0. The van der Waals surface area contributed by atoms with Crippen LogP contribution in [0.3, 0.4) is 0 Å². The number of ether oxygens (including phenoxy) is 2. The monoisotopic (exact) mass is 181 g/mol. The summed E-state index contributed by atoms with van der Waals surface area (Å²) < 4.78 is 8.58. The van der Waals surface area contributed by atoms with Crippen molar-refractivity contribution in [3.05, 3.63) is 30.3 Å². The molecule has 1 aliphatic heterocycles. The third kappa shape index (κ3) is 4.00. The van der Waals surface area contributed by atoms with E-state index in [1.807, 2.05) is 30.3 Å². The molecule has 0 aromatic heterocycles. The van der Waals surface area contributed by atoms with Crippen LogP contribution >= 0.6 is 0 Å². The number of nitrogen functional groups attached to an aromatic ring is 1. The largest absolute Gasteiger partial charge is 0.508 e. The first kappa shape index (κ1) is 9.38. The number of carbonyl (C=O) groups excluding carboxylic acids is 1. The zero-order valence-electron chi connectivity index (χ0n) is 7.10. The molecule has 1 saturated heterocycles. The summed E-state index contributed by atoms with van der Waals surface area (Å²) in [4.78, 5) is 9.80. The third-order valence-corrected chi connectivity index (χ3v) is 1.32. The molecule has 1 fully saturated rings. The standard InChI is InChI=1S/C6H7N.C3H4O3/c7-6-4-2-1-3-5-6;4-3-5-1-2-6-3/h1-5H,7H2;1-2H2. The first-order chi connectivity index (χ1) is 6.29. The Hall–Kier alpha value is -1.71. The quantitative estimate of drug-likeness (QED) is 0.485. The molecule has 2 N–H and O–H groups in total. The summed E-state index contributed by atoms with van der Waals surface area (Å²) in [5.41, 5.74) is 6.18. The van der Waals surface area contributed by atoms with Gasteiger partial charge in [0.1, 0.15) is 13.2 Å². The van der Waals surface area contributed by atoms with Crippen LogP contribution in [0, 0.1) is 0 Å². The highest BCUT2D eigenvalue weighted by Crippen LogP contribution is 1.95. The highest BCUT2D eigenvalue weighted by Gasteiger charge is 2.09. The van der Waals surface area contributed by atoms with Gasteiger partial charge in [0.15, 0.2) is 0 Å². The SMILES string of the molecule is Nc1ccccc1.O=C1OCCO1. The van der Waals surface area contributed by atoms with Crippen molar-refractivity contribution in [2.45, 2.75) is 0 Å². The van der Waals surface area contributed by atoms with Crippen molar-refractivity contribution in [3.8, 4) is 0 Å². The van der Waals surface area contributed by atoms with Gasteiger partial charge >= 0.3 is 6.16 Å². The average Bonchev–Trinajstić information content (AvgIpc) is 2.58. The summed E-state index contributed by atoms with van der Waals surface area (Å²) in [6.07, 6.45) is -0.546. The fourth-order valence-electron chi connectivity index (χ4n) is 0.745. The van der Waals surface area contributed by atoms with Crippen LogP contribution in [0.1, 0.15) is 0 Å². The van der Waals surface area contributed by atoms with Crippen molar-refractivity contribution in [2.24, 2.45) is 0 Å². The second-order valence-corrected chi connectivity index (χ2v) is 2.36. The lowest BCUT2D eigenvalue weighted by molar-refractivity contribution is 0.131. The van der Waals surface area contributed by atoms with Gasteiger partial charge < -0.3 is 15.2 Å². The molecular weight excluding hydrogens is 170 g/mol. The van der Waals surface area contributed by atoms with Crippen molar-refractivity contribution in [1.29, 1.82) is 0 Å². The predicted molar refractivity (Wildman–Crippen MR) is 48.2 cm³/mol. The number of rotatable bonds is 0. The molecule has 4 nitrogen and oxygen atoms in total. The molecule has 2 rings (SSSR count). The summed E-state index contributed by atoms with van der Waals surface area (Å²) in [5, 5.41) is 0. The summed E-state index contributed by atoms with van der Waals surface area (Å²) in [6, 6.07) is 9.49. The van der Waals surface area contributed by atoms with Gasteiger partial charge in [0, 0.05) is 5.69 Å². The Labute approximate surface area is 76.3 Å². The number of hydrogen-bond acceptors (Lipinski definition) is 4. The average molecular weight is 181 g/mol. The van der Waals surface area contributed by atoms with Gasteiger partial charge in [-0.15, -0.1) is 0 Å². The number of para-hydroxylation sites is 1. The van der Waals surface area contributed by atoms with E-state index in [1.54, 1.807) is 0 Å². The van der Waals surface area contributed by atoms with Crippen LogP contribution in [-0.4, -0.2) is 19.4 Å². The minimum Gasteiger partial charge on any atom is -0.431 e. The predicted octanol–water partition coefficient (Wildman–Crippen LogP) is 1.42. The molecule has 1 aromatic carbocycles. The van der Waals surface area contributed by atoms with E-state index in [2.05, 4.69) is 9.47 Å². The van der Waals surface area contributed by atoms with Gasteiger partial charge in [-0.2, -0.15) is 0 Å². The number of benzene rings is 1. The van der Waals surface area contributed by atoms with Gasteiger partial charge in [-0.05, 0) is 12.1 Å². The van der Waals surface area contributed by atoms with Crippen molar-refractivity contribution in [1.82, 2.24) is 0 Å². The Balaban J connectivity index is 0.000000132. The van der Waals surface area contributed by atoms with E-state index in [-0.39, 0.29) is 0 Å². The summed E-state index contributed by atoms with van der Waals surface area (Å²) in [6.45, 7) is 0.831. The van der Waals surface area contributed by atoms with E-state index in [1.165, 1.54) is 0 Å². The van der Waals surface area contributed by atoms with E-state index >= 15 is 0 Å². The number of nitrogens with two attached hydrogens (primary N) is 1. The normalized spacial score (nSPS) is 13.7. The van der Waals surface area contributed by atoms with E-state index in [0.29, 0.717) is 13.2 Å². The molecule has 0 aliphatic carbocycles. The molecule has 0 radical (unpaired) electrons. The smallest absolute Gasteiger partial charge is 0.431 e. The van der Waals surface area contributed by atoms with Crippen LogP contribution in [-0.2, 0) is 9.47 Å². The number of hydrogen-bond donors (Lipinski definition) is 1. The van der Waals surface area contributed by atoms with Gasteiger partial charge in [-0.25, -0.2) is 4.79 Å². The number of cyclic esters (lactones) is 2. The summed E-state index contributed by atoms with van der Waals surface area (Å²) in [7, 11) is 0. The van der Waals surface area contributed by atoms with Crippen molar-refractivity contribution >= 4 is 11.8 Å². The van der Waals surface area contributed by atoms with Crippen LogP contribution in [0.5, 0.6) is 0 Å². The third-order valence-electron chi connectivity index (χ3n) is 1.32. The lowest BCUT2D eigenvalue weighted by Crippen LogP contribution is -1.88. The molecule has 1 aliphatic rings. The molecule has 4 heteroatoms. The molecule has 1 aromatic rings. The van der Waals surface area contributed by atoms with Crippen LogP contribution in [0.4, 0.5) is 10.5 Å².